The van der Waals surface area contributed by atoms with E-state index in [9.17, 15) is 4.79 Å². The molecule has 188 valence electrons. The lowest BCUT2D eigenvalue weighted by Gasteiger charge is -2.13. The van der Waals surface area contributed by atoms with E-state index in [1.54, 1.807) is 24.3 Å². The molecule has 3 aromatic carbocycles. The molecule has 0 fully saturated rings. The second-order valence-corrected chi connectivity index (χ2v) is 9.22. The third kappa shape index (κ3) is 6.79. The van der Waals surface area contributed by atoms with Crippen LogP contribution >= 0.6 is 11.6 Å². The molecule has 0 radical (unpaired) electrons. The molecule has 0 bridgehead atoms. The molecule has 4 rings (SSSR count). The van der Waals surface area contributed by atoms with Gasteiger partial charge in [-0.25, -0.2) is 4.98 Å². The fraction of sp³-hybridized carbons (Fsp3) is 0.310. The molecule has 0 aliphatic heterocycles. The number of aryl methyl sites for hydroxylation is 3. The molecule has 4 aromatic rings. The fourth-order valence-corrected chi connectivity index (χ4v) is 4.31. The first-order valence-corrected chi connectivity index (χ1v) is 12.7. The Morgan fingerprint density at radius 2 is 1.69 bits per heavy atom. The molecule has 0 saturated heterocycles. The van der Waals surface area contributed by atoms with Crippen molar-refractivity contribution >= 4 is 28.5 Å². The van der Waals surface area contributed by atoms with Gasteiger partial charge in [0.25, 0.3) is 5.91 Å². The number of hydrogen-bond donors (Lipinski definition) is 1. The average Bonchev–Trinajstić information content (AvgIpc) is 3.22. The highest BCUT2D eigenvalue weighted by Gasteiger charge is 2.11. The van der Waals surface area contributed by atoms with Crippen molar-refractivity contribution in [3.63, 3.8) is 0 Å². The van der Waals surface area contributed by atoms with Crippen LogP contribution in [-0.2, 0) is 17.8 Å². The van der Waals surface area contributed by atoms with Crippen molar-refractivity contribution in [1.29, 1.82) is 0 Å². The number of rotatable bonds is 12. The Balaban J connectivity index is 1.27. The maximum atomic E-state index is 12.2. The minimum Gasteiger partial charge on any atom is -0.493 e. The van der Waals surface area contributed by atoms with Gasteiger partial charge in [-0.05, 0) is 74.2 Å². The van der Waals surface area contributed by atoms with Crippen LogP contribution in [0.5, 0.6) is 11.5 Å². The Morgan fingerprint density at radius 3 is 2.47 bits per heavy atom. The number of unbranched alkanes of at least 4 members (excludes halogenated alkanes) is 1. The maximum Gasteiger partial charge on any atom is 0.257 e. The number of nitrogens with zero attached hydrogens (tertiary/aromatic N) is 2. The van der Waals surface area contributed by atoms with E-state index < -0.39 is 0 Å². The first-order chi connectivity index (χ1) is 17.5. The number of ether oxygens (including phenoxy) is 2. The number of amides is 1. The van der Waals surface area contributed by atoms with Crippen LogP contribution in [0.3, 0.4) is 0 Å². The van der Waals surface area contributed by atoms with Crippen molar-refractivity contribution in [1.82, 2.24) is 14.9 Å². The van der Waals surface area contributed by atoms with Crippen LogP contribution < -0.4 is 14.8 Å². The topological polar surface area (TPSA) is 65.4 Å². The van der Waals surface area contributed by atoms with Crippen molar-refractivity contribution in [3.05, 3.63) is 88.7 Å². The smallest absolute Gasteiger partial charge is 0.257 e. The highest BCUT2D eigenvalue weighted by molar-refractivity contribution is 6.30. The number of hydrogen-bond acceptors (Lipinski definition) is 4. The lowest BCUT2D eigenvalue weighted by molar-refractivity contribution is -0.123. The van der Waals surface area contributed by atoms with Crippen molar-refractivity contribution in [2.75, 3.05) is 19.8 Å². The predicted molar refractivity (Wildman–Crippen MR) is 144 cm³/mol. The Hall–Kier alpha value is -3.51. The number of para-hydroxylation sites is 3. The number of halogens is 1. The molecule has 1 amide bonds. The first-order valence-electron chi connectivity index (χ1n) is 12.3. The SMILES string of the molecule is Cc1cccc(C)c1OCCCCn1c(CCNC(=O)COc2ccc(Cl)cc2)nc2ccccc21. The average molecular weight is 506 g/mol. The van der Waals surface area contributed by atoms with Crippen LogP contribution in [0, 0.1) is 13.8 Å². The van der Waals surface area contributed by atoms with Gasteiger partial charge in [-0.1, -0.05) is 41.9 Å². The Morgan fingerprint density at radius 1 is 0.944 bits per heavy atom. The third-order valence-corrected chi connectivity index (χ3v) is 6.27. The second kappa shape index (κ2) is 12.5. The normalized spacial score (nSPS) is 11.0. The first kappa shape index (κ1) is 25.6. The van der Waals surface area contributed by atoms with E-state index in [0.29, 0.717) is 30.3 Å². The van der Waals surface area contributed by atoms with E-state index >= 15 is 0 Å². The van der Waals surface area contributed by atoms with Crippen LogP contribution in [0.15, 0.2) is 66.7 Å². The van der Waals surface area contributed by atoms with Gasteiger partial charge in [0, 0.05) is 24.5 Å². The quantitative estimate of drug-likeness (QED) is 0.243. The van der Waals surface area contributed by atoms with Crippen LogP contribution in [0.4, 0.5) is 0 Å². The summed E-state index contributed by atoms with van der Waals surface area (Å²) in [4.78, 5) is 17.1. The standard InChI is InChI=1S/C29H32ClN3O3/c1-21-8-7-9-22(2)29(21)35-19-6-5-18-33-26-11-4-3-10-25(26)32-27(33)16-17-31-28(34)20-36-24-14-12-23(30)13-15-24/h3-4,7-15H,5-6,16-20H2,1-2H3,(H,31,34). The number of imidazole rings is 1. The van der Waals surface area contributed by atoms with Crippen LogP contribution in [-0.4, -0.2) is 35.2 Å². The molecule has 1 aromatic heterocycles. The molecule has 7 heteroatoms. The Labute approximate surface area is 217 Å². The van der Waals surface area contributed by atoms with Gasteiger partial charge < -0.3 is 19.4 Å². The van der Waals surface area contributed by atoms with Gasteiger partial charge in [0.05, 0.1) is 17.6 Å². The van der Waals surface area contributed by atoms with Gasteiger partial charge in [0.15, 0.2) is 6.61 Å². The lowest BCUT2D eigenvalue weighted by Crippen LogP contribution is -2.31. The van der Waals surface area contributed by atoms with Crippen molar-refractivity contribution in [2.24, 2.45) is 0 Å². The summed E-state index contributed by atoms with van der Waals surface area (Å²) in [5.74, 6) is 2.39. The summed E-state index contributed by atoms with van der Waals surface area (Å²) in [6, 6.07) is 21.3. The van der Waals surface area contributed by atoms with E-state index in [1.807, 2.05) is 18.2 Å². The molecule has 1 N–H and O–H groups in total. The fourth-order valence-electron chi connectivity index (χ4n) is 4.18. The summed E-state index contributed by atoms with van der Waals surface area (Å²) in [5.41, 5.74) is 4.41. The largest absolute Gasteiger partial charge is 0.493 e. The van der Waals surface area contributed by atoms with E-state index in [2.05, 4.69) is 48.0 Å². The molecule has 0 aliphatic carbocycles. The molecule has 6 nitrogen and oxygen atoms in total. The molecule has 36 heavy (non-hydrogen) atoms. The zero-order chi connectivity index (χ0) is 25.3. The van der Waals surface area contributed by atoms with Crippen LogP contribution in [0.2, 0.25) is 5.02 Å². The number of carbonyl (C=O) groups is 1. The number of carbonyl (C=O) groups excluding carboxylic acids is 1. The summed E-state index contributed by atoms with van der Waals surface area (Å²) in [5, 5.41) is 3.55. The molecule has 0 atom stereocenters. The van der Waals surface area contributed by atoms with E-state index in [4.69, 9.17) is 26.1 Å². The van der Waals surface area contributed by atoms with E-state index in [1.165, 1.54) is 11.1 Å². The Bertz CT molecular complexity index is 1280. The van der Waals surface area contributed by atoms with Crippen molar-refractivity contribution < 1.29 is 14.3 Å². The van der Waals surface area contributed by atoms with Crippen LogP contribution in [0.25, 0.3) is 11.0 Å². The third-order valence-electron chi connectivity index (χ3n) is 6.02. The monoisotopic (exact) mass is 505 g/mol. The highest BCUT2D eigenvalue weighted by atomic mass is 35.5. The van der Waals surface area contributed by atoms with Gasteiger partial charge >= 0.3 is 0 Å². The number of fused-ring (bicyclic) bond motifs is 1. The van der Waals surface area contributed by atoms with E-state index in [-0.39, 0.29) is 12.5 Å². The second-order valence-electron chi connectivity index (χ2n) is 8.79. The molecule has 0 spiro atoms. The number of nitrogens with one attached hydrogen (secondary N) is 1. The zero-order valence-electron chi connectivity index (χ0n) is 20.8. The molecule has 1 heterocycles. The minimum absolute atomic E-state index is 0.0432. The summed E-state index contributed by atoms with van der Waals surface area (Å²) in [6.07, 6.45) is 2.55. The maximum absolute atomic E-state index is 12.2. The summed E-state index contributed by atoms with van der Waals surface area (Å²) < 4.78 is 13.8. The summed E-state index contributed by atoms with van der Waals surface area (Å²) >= 11 is 5.88. The number of aromatic nitrogens is 2. The van der Waals surface area contributed by atoms with Gasteiger partial charge in [-0.15, -0.1) is 0 Å². The Kier molecular flexibility index (Phi) is 8.85. The minimum atomic E-state index is -0.170. The number of benzene rings is 3. The lowest BCUT2D eigenvalue weighted by atomic mass is 10.1. The van der Waals surface area contributed by atoms with Crippen molar-refractivity contribution in [3.8, 4) is 11.5 Å². The molecule has 0 aliphatic rings. The summed E-state index contributed by atoms with van der Waals surface area (Å²) in [7, 11) is 0. The van der Waals surface area contributed by atoms with E-state index in [0.717, 1.165) is 42.0 Å². The van der Waals surface area contributed by atoms with Crippen molar-refractivity contribution in [2.45, 2.75) is 39.7 Å². The van der Waals surface area contributed by atoms with Gasteiger partial charge in [0.2, 0.25) is 0 Å². The molecule has 0 saturated carbocycles. The zero-order valence-corrected chi connectivity index (χ0v) is 21.6. The highest BCUT2D eigenvalue weighted by Crippen LogP contribution is 2.23. The molecular formula is C29H32ClN3O3. The molecule has 0 unspecified atom stereocenters. The van der Waals surface area contributed by atoms with Gasteiger partial charge in [-0.2, -0.15) is 0 Å². The van der Waals surface area contributed by atoms with Gasteiger partial charge in [-0.3, -0.25) is 4.79 Å². The van der Waals surface area contributed by atoms with Crippen LogP contribution in [0.1, 0.15) is 29.8 Å². The predicted octanol–water partition coefficient (Wildman–Crippen LogP) is 5.90. The molecular weight excluding hydrogens is 474 g/mol. The van der Waals surface area contributed by atoms with Gasteiger partial charge in [0.1, 0.15) is 17.3 Å². The summed E-state index contributed by atoms with van der Waals surface area (Å²) in [6.45, 7) is 6.13.